The van der Waals surface area contributed by atoms with Crippen molar-refractivity contribution in [2.45, 2.75) is 45.8 Å². The lowest BCUT2D eigenvalue weighted by atomic mass is 9.79. The fourth-order valence-electron chi connectivity index (χ4n) is 1.75. The zero-order chi connectivity index (χ0) is 13.3. The van der Waals surface area contributed by atoms with Crippen LogP contribution >= 0.6 is 0 Å². The summed E-state index contributed by atoms with van der Waals surface area (Å²) in [4.78, 5) is 13.3. The van der Waals surface area contributed by atoms with Crippen molar-refractivity contribution in [2.24, 2.45) is 5.41 Å². The van der Waals surface area contributed by atoms with Gasteiger partial charge in [-0.1, -0.05) is 6.92 Å². The summed E-state index contributed by atoms with van der Waals surface area (Å²) in [6.07, 6.45) is -0.547. The third kappa shape index (κ3) is 3.57. The lowest BCUT2D eigenvalue weighted by Crippen LogP contribution is -2.53. The van der Waals surface area contributed by atoms with Crippen molar-refractivity contribution in [3.63, 3.8) is 0 Å². The molecule has 0 aromatic rings. The summed E-state index contributed by atoms with van der Waals surface area (Å²) in [6.45, 7) is 7.89. The van der Waals surface area contributed by atoms with Crippen molar-refractivity contribution < 1.29 is 19.7 Å². The van der Waals surface area contributed by atoms with Crippen LogP contribution in [0.1, 0.15) is 34.1 Å². The summed E-state index contributed by atoms with van der Waals surface area (Å²) < 4.78 is 5.24. The lowest BCUT2D eigenvalue weighted by molar-refractivity contribution is -0.0670. The summed E-state index contributed by atoms with van der Waals surface area (Å²) in [5, 5.41) is 19.2. The highest BCUT2D eigenvalue weighted by Crippen LogP contribution is 2.31. The molecule has 1 fully saturated rings. The van der Waals surface area contributed by atoms with Gasteiger partial charge in [-0.25, -0.2) is 4.79 Å². The third-order valence-electron chi connectivity index (χ3n) is 3.16. The van der Waals surface area contributed by atoms with Gasteiger partial charge in [-0.2, -0.15) is 0 Å². The van der Waals surface area contributed by atoms with E-state index in [1.54, 1.807) is 0 Å². The summed E-state index contributed by atoms with van der Waals surface area (Å²) >= 11 is 0. The maximum Gasteiger partial charge on any atom is 0.410 e. The monoisotopic (exact) mass is 245 g/mol. The van der Waals surface area contributed by atoms with Crippen LogP contribution in [0.15, 0.2) is 0 Å². The second kappa shape index (κ2) is 4.82. The number of amides is 1. The van der Waals surface area contributed by atoms with Crippen LogP contribution in [0.25, 0.3) is 0 Å². The van der Waals surface area contributed by atoms with E-state index in [9.17, 15) is 15.0 Å². The minimum atomic E-state index is -0.714. The van der Waals surface area contributed by atoms with Crippen LogP contribution in [0.2, 0.25) is 0 Å². The first-order chi connectivity index (χ1) is 7.68. The van der Waals surface area contributed by atoms with E-state index >= 15 is 0 Å². The fraction of sp³-hybridized carbons (Fsp3) is 0.917. The minimum absolute atomic E-state index is 0.0731. The molecule has 0 aromatic carbocycles. The lowest BCUT2D eigenvalue weighted by Gasteiger charge is -2.42. The summed E-state index contributed by atoms with van der Waals surface area (Å²) in [7, 11) is 0. The Hall–Kier alpha value is -0.810. The largest absolute Gasteiger partial charge is 0.444 e. The van der Waals surface area contributed by atoms with E-state index < -0.39 is 23.2 Å². The second-order valence-electron chi connectivity index (χ2n) is 6.00. The Morgan fingerprint density at radius 3 is 2.53 bits per heavy atom. The highest BCUT2D eigenvalue weighted by molar-refractivity contribution is 5.68. The van der Waals surface area contributed by atoms with Crippen molar-refractivity contribution >= 4 is 6.09 Å². The number of aliphatic hydroxyl groups excluding tert-OH is 2. The van der Waals surface area contributed by atoms with E-state index in [1.165, 1.54) is 4.90 Å². The molecule has 5 heteroatoms. The highest BCUT2D eigenvalue weighted by atomic mass is 16.6. The van der Waals surface area contributed by atoms with Crippen LogP contribution in [0.5, 0.6) is 0 Å². The molecule has 0 radical (unpaired) electrons. The number of rotatable bonds is 1. The van der Waals surface area contributed by atoms with Gasteiger partial charge in [0.1, 0.15) is 5.60 Å². The van der Waals surface area contributed by atoms with Gasteiger partial charge >= 0.3 is 6.09 Å². The van der Waals surface area contributed by atoms with Gasteiger partial charge in [0.15, 0.2) is 0 Å². The van der Waals surface area contributed by atoms with Crippen molar-refractivity contribution in [1.82, 2.24) is 4.90 Å². The van der Waals surface area contributed by atoms with Crippen molar-refractivity contribution in [3.05, 3.63) is 0 Å². The topological polar surface area (TPSA) is 70.0 Å². The quantitative estimate of drug-likeness (QED) is 0.722. The first kappa shape index (κ1) is 14.3. The number of β-amino-alcohol motifs (C(OH)–C–C–N with tert-alkyl or cyclic N) is 1. The van der Waals surface area contributed by atoms with Crippen molar-refractivity contribution in [1.29, 1.82) is 0 Å². The number of hydrogen-bond acceptors (Lipinski definition) is 4. The van der Waals surface area contributed by atoms with Gasteiger partial charge in [0.2, 0.25) is 0 Å². The molecular formula is C12H23NO4. The van der Waals surface area contributed by atoms with E-state index in [1.807, 2.05) is 27.7 Å². The van der Waals surface area contributed by atoms with Crippen molar-refractivity contribution in [2.75, 3.05) is 19.7 Å². The number of ether oxygens (including phenoxy) is 1. The Labute approximate surface area is 102 Å². The molecule has 1 amide bonds. The molecule has 1 saturated heterocycles. The van der Waals surface area contributed by atoms with Gasteiger partial charge in [0.05, 0.1) is 19.3 Å². The van der Waals surface area contributed by atoms with Gasteiger partial charge in [-0.05, 0) is 27.2 Å². The molecule has 0 spiro atoms. The number of hydrogen-bond donors (Lipinski definition) is 2. The average molecular weight is 245 g/mol. The van der Waals surface area contributed by atoms with Gasteiger partial charge in [-0.3, -0.25) is 0 Å². The third-order valence-corrected chi connectivity index (χ3v) is 3.16. The van der Waals surface area contributed by atoms with E-state index in [2.05, 4.69) is 0 Å². The first-order valence-corrected chi connectivity index (χ1v) is 5.95. The van der Waals surface area contributed by atoms with E-state index in [0.717, 1.165) is 0 Å². The van der Waals surface area contributed by atoms with Crippen LogP contribution in [-0.4, -0.2) is 52.6 Å². The molecule has 1 heterocycles. The second-order valence-corrected chi connectivity index (χ2v) is 6.00. The zero-order valence-corrected chi connectivity index (χ0v) is 11.1. The Kier molecular flexibility index (Phi) is 4.04. The molecule has 17 heavy (non-hydrogen) atoms. The Bertz CT molecular complexity index is 287. The molecule has 100 valence electrons. The average Bonchev–Trinajstić information content (AvgIpc) is 2.19. The number of carbonyl (C=O) groups excluding carboxylic acids is 1. The molecule has 2 N–H and O–H groups in total. The summed E-state index contributed by atoms with van der Waals surface area (Å²) in [6, 6.07) is 0. The molecule has 2 atom stereocenters. The molecule has 0 saturated carbocycles. The van der Waals surface area contributed by atoms with Crippen LogP contribution in [0.4, 0.5) is 4.79 Å². The molecule has 1 aliphatic rings. The number of piperidine rings is 1. The number of nitrogens with zero attached hydrogens (tertiary/aromatic N) is 1. The fourth-order valence-corrected chi connectivity index (χ4v) is 1.75. The standard InChI is InChI=1S/C12H23NO4/c1-11(2,3)17-10(16)13-6-5-12(4,8-14)9(15)7-13/h9,14-15H,5-8H2,1-4H3. The number of likely N-dealkylation sites (tertiary alicyclic amines) is 1. The van der Waals surface area contributed by atoms with Crippen LogP contribution in [-0.2, 0) is 4.74 Å². The van der Waals surface area contributed by atoms with E-state index in [0.29, 0.717) is 13.0 Å². The molecule has 5 nitrogen and oxygen atoms in total. The van der Waals surface area contributed by atoms with E-state index in [4.69, 9.17) is 4.74 Å². The first-order valence-electron chi connectivity index (χ1n) is 5.95. The molecule has 1 rings (SSSR count). The Morgan fingerprint density at radius 2 is 2.12 bits per heavy atom. The number of carbonyl (C=O) groups is 1. The molecule has 0 aromatic heterocycles. The summed E-state index contributed by atoms with van der Waals surface area (Å²) in [5.41, 5.74) is -1.04. The molecule has 0 aliphatic carbocycles. The predicted molar refractivity (Wildman–Crippen MR) is 63.6 cm³/mol. The summed E-state index contributed by atoms with van der Waals surface area (Å²) in [5.74, 6) is 0. The van der Waals surface area contributed by atoms with Crippen LogP contribution in [0, 0.1) is 5.41 Å². The normalized spacial score (nSPS) is 30.2. The maximum absolute atomic E-state index is 11.8. The maximum atomic E-state index is 11.8. The van der Waals surface area contributed by atoms with Gasteiger partial charge in [-0.15, -0.1) is 0 Å². The molecule has 2 unspecified atom stereocenters. The predicted octanol–water partition coefficient (Wildman–Crippen LogP) is 0.987. The van der Waals surface area contributed by atoms with Gasteiger partial charge in [0, 0.05) is 12.0 Å². The Balaban J connectivity index is 2.58. The SMILES string of the molecule is CC(C)(C)OC(=O)N1CCC(C)(CO)C(O)C1. The van der Waals surface area contributed by atoms with E-state index in [-0.39, 0.29) is 13.2 Å². The van der Waals surface area contributed by atoms with Crippen LogP contribution < -0.4 is 0 Å². The van der Waals surface area contributed by atoms with Gasteiger partial charge < -0.3 is 19.8 Å². The smallest absolute Gasteiger partial charge is 0.410 e. The highest BCUT2D eigenvalue weighted by Gasteiger charge is 2.40. The zero-order valence-electron chi connectivity index (χ0n) is 11.1. The molecule has 0 bridgehead atoms. The molecule has 1 aliphatic heterocycles. The van der Waals surface area contributed by atoms with Crippen LogP contribution in [0.3, 0.4) is 0 Å². The van der Waals surface area contributed by atoms with Crippen molar-refractivity contribution in [3.8, 4) is 0 Å². The molecular weight excluding hydrogens is 222 g/mol. The number of aliphatic hydroxyl groups is 2. The van der Waals surface area contributed by atoms with Gasteiger partial charge in [0.25, 0.3) is 0 Å². The minimum Gasteiger partial charge on any atom is -0.444 e. The Morgan fingerprint density at radius 1 is 1.53 bits per heavy atom.